The molecule has 0 spiro atoms. The molecular formula is C72H46N2S. The van der Waals surface area contributed by atoms with Crippen molar-refractivity contribution in [1.82, 2.24) is 4.57 Å². The monoisotopic (exact) mass is 970 g/mol. The summed E-state index contributed by atoms with van der Waals surface area (Å²) in [6, 6.07) is 103. The number of hydrogen-bond acceptors (Lipinski definition) is 2. The molecule has 0 aliphatic heterocycles. The van der Waals surface area contributed by atoms with Gasteiger partial charge in [-0.05, 0) is 138 Å². The fraction of sp³-hybridized carbons (Fsp3) is 0. The Hall–Kier alpha value is -9.54. The summed E-state index contributed by atoms with van der Waals surface area (Å²) in [4.78, 5) is 2.38. The largest absolute Gasteiger partial charge is 0.311 e. The predicted molar refractivity (Wildman–Crippen MR) is 323 cm³/mol. The Morgan fingerprint density at radius 1 is 0.267 bits per heavy atom. The Labute approximate surface area is 438 Å². The lowest BCUT2D eigenvalue weighted by atomic mass is 9.92. The molecule has 0 unspecified atom stereocenters. The molecule has 13 aromatic carbocycles. The van der Waals surface area contributed by atoms with Gasteiger partial charge in [0, 0.05) is 53.6 Å². The summed E-state index contributed by atoms with van der Waals surface area (Å²) in [5, 5.41) is 12.8. The van der Waals surface area contributed by atoms with Crippen molar-refractivity contribution in [1.29, 1.82) is 0 Å². The molecule has 0 aliphatic carbocycles. The zero-order chi connectivity index (χ0) is 49.4. The van der Waals surface area contributed by atoms with E-state index in [0.29, 0.717) is 0 Å². The number of fused-ring (bicyclic) bond motifs is 11. The van der Waals surface area contributed by atoms with Crippen LogP contribution in [0.1, 0.15) is 0 Å². The standard InChI is InChI=1S/C72H46N2S/c1-4-17-60-50(13-1)35-44-66-65-43-36-53(46-71(65)75-72(60)66)49-31-39-56(40-32-49)73(57-41-33-51(34-42-57)59-16-7-10-22-68(59)74-69-23-11-8-20-63(69)64-21-9-12-24-70(64)74)55-37-29-48(30-38-55)47-25-27-52(28-26-47)67-45-54-14-2-3-15-58(54)61-18-5-6-19-62(61)67/h1-46H. The van der Waals surface area contributed by atoms with E-state index < -0.39 is 0 Å². The molecule has 0 fully saturated rings. The molecule has 2 nitrogen and oxygen atoms in total. The molecule has 0 aliphatic rings. The van der Waals surface area contributed by atoms with Gasteiger partial charge in [-0.25, -0.2) is 0 Å². The first-order valence-electron chi connectivity index (χ1n) is 25.7. The number of aromatic nitrogens is 1. The zero-order valence-electron chi connectivity index (χ0n) is 40.9. The van der Waals surface area contributed by atoms with Gasteiger partial charge in [0.2, 0.25) is 0 Å². The molecule has 0 N–H and O–H groups in total. The SMILES string of the molecule is c1ccc(-n2c3ccccc3c3ccccc32)c(-c2ccc(N(c3ccc(-c4ccc(-c5cc6ccccc6c6ccccc56)cc4)cc3)c3ccc(-c4ccc5c(c4)sc4c6ccccc6ccc54)cc3)cc2)c1. The van der Waals surface area contributed by atoms with Crippen molar-refractivity contribution in [3.05, 3.63) is 279 Å². The van der Waals surface area contributed by atoms with Crippen molar-refractivity contribution >= 4 is 103 Å². The van der Waals surface area contributed by atoms with Gasteiger partial charge in [-0.15, -0.1) is 11.3 Å². The Kier molecular flexibility index (Phi) is 10.1. The summed E-state index contributed by atoms with van der Waals surface area (Å²) in [5.74, 6) is 0. The van der Waals surface area contributed by atoms with Crippen LogP contribution in [0.2, 0.25) is 0 Å². The highest BCUT2D eigenvalue weighted by molar-refractivity contribution is 7.26. The average molecular weight is 971 g/mol. The van der Waals surface area contributed by atoms with Gasteiger partial charge in [0.1, 0.15) is 0 Å². The molecule has 75 heavy (non-hydrogen) atoms. The fourth-order valence-electron chi connectivity index (χ4n) is 11.8. The van der Waals surface area contributed by atoms with Crippen LogP contribution in [0.5, 0.6) is 0 Å². The van der Waals surface area contributed by atoms with Crippen LogP contribution in [0, 0.1) is 0 Å². The second-order valence-electron chi connectivity index (χ2n) is 19.6. The summed E-state index contributed by atoms with van der Waals surface area (Å²) < 4.78 is 5.08. The topological polar surface area (TPSA) is 8.17 Å². The van der Waals surface area contributed by atoms with E-state index in [2.05, 4.69) is 289 Å². The third-order valence-corrected chi connectivity index (χ3v) is 16.6. The van der Waals surface area contributed by atoms with Crippen molar-refractivity contribution < 1.29 is 0 Å². The molecule has 15 aromatic rings. The van der Waals surface area contributed by atoms with Crippen molar-refractivity contribution in [3.8, 4) is 50.2 Å². The van der Waals surface area contributed by atoms with Gasteiger partial charge in [0.05, 0.1) is 16.7 Å². The number of rotatable bonds is 8. The average Bonchev–Trinajstić information content (AvgIpc) is 4.07. The molecule has 0 radical (unpaired) electrons. The highest BCUT2D eigenvalue weighted by Crippen LogP contribution is 2.43. The Balaban J connectivity index is 0.795. The first kappa shape index (κ1) is 43.1. The minimum absolute atomic E-state index is 1.08. The molecule has 15 rings (SSSR count). The van der Waals surface area contributed by atoms with E-state index in [4.69, 9.17) is 0 Å². The first-order valence-corrected chi connectivity index (χ1v) is 26.5. The highest BCUT2D eigenvalue weighted by atomic mass is 32.1. The van der Waals surface area contributed by atoms with Crippen LogP contribution in [0.15, 0.2) is 279 Å². The molecule has 0 bridgehead atoms. The van der Waals surface area contributed by atoms with Crippen LogP contribution in [0.4, 0.5) is 17.1 Å². The molecule has 0 saturated heterocycles. The van der Waals surface area contributed by atoms with Crippen LogP contribution >= 0.6 is 11.3 Å². The summed E-state index contributed by atoms with van der Waals surface area (Å²) in [7, 11) is 0. The first-order chi connectivity index (χ1) is 37.2. The van der Waals surface area contributed by atoms with E-state index in [-0.39, 0.29) is 0 Å². The van der Waals surface area contributed by atoms with Gasteiger partial charge >= 0.3 is 0 Å². The zero-order valence-corrected chi connectivity index (χ0v) is 41.7. The predicted octanol–water partition coefficient (Wildman–Crippen LogP) is 20.7. The fourth-order valence-corrected chi connectivity index (χ4v) is 13.0. The lowest BCUT2D eigenvalue weighted by molar-refractivity contribution is 1.18. The second-order valence-corrected chi connectivity index (χ2v) is 20.7. The summed E-state index contributed by atoms with van der Waals surface area (Å²) in [5.41, 5.74) is 16.4. The molecule has 3 heteroatoms. The van der Waals surface area contributed by atoms with E-state index >= 15 is 0 Å². The third-order valence-electron chi connectivity index (χ3n) is 15.4. The second kappa shape index (κ2) is 17.6. The van der Waals surface area contributed by atoms with Crippen LogP contribution in [-0.4, -0.2) is 4.57 Å². The van der Waals surface area contributed by atoms with Crippen LogP contribution in [-0.2, 0) is 0 Å². The van der Waals surface area contributed by atoms with E-state index in [9.17, 15) is 0 Å². The number of para-hydroxylation sites is 3. The van der Waals surface area contributed by atoms with E-state index in [1.54, 1.807) is 0 Å². The molecule has 2 heterocycles. The Morgan fingerprint density at radius 2 is 0.720 bits per heavy atom. The summed E-state index contributed by atoms with van der Waals surface area (Å²) in [6.07, 6.45) is 0. The normalized spacial score (nSPS) is 11.7. The quantitative estimate of drug-likeness (QED) is 0.138. The van der Waals surface area contributed by atoms with E-state index in [1.807, 2.05) is 11.3 Å². The summed E-state index contributed by atoms with van der Waals surface area (Å²) in [6.45, 7) is 0. The molecule has 0 atom stereocenters. The van der Waals surface area contributed by atoms with Gasteiger partial charge in [-0.1, -0.05) is 212 Å². The minimum Gasteiger partial charge on any atom is -0.311 e. The Morgan fingerprint density at radius 3 is 1.39 bits per heavy atom. The lowest BCUT2D eigenvalue weighted by Crippen LogP contribution is -2.09. The van der Waals surface area contributed by atoms with Crippen molar-refractivity contribution in [2.75, 3.05) is 4.90 Å². The molecule has 2 aromatic heterocycles. The van der Waals surface area contributed by atoms with E-state index in [0.717, 1.165) is 28.3 Å². The highest BCUT2D eigenvalue weighted by Gasteiger charge is 2.19. The van der Waals surface area contributed by atoms with Crippen LogP contribution < -0.4 is 4.90 Å². The lowest BCUT2D eigenvalue weighted by Gasteiger charge is -2.26. The van der Waals surface area contributed by atoms with Gasteiger partial charge in [-0.2, -0.15) is 0 Å². The number of thiophene rings is 1. The molecule has 0 amide bonds. The number of hydrogen-bond donors (Lipinski definition) is 0. The molecular weight excluding hydrogens is 925 g/mol. The van der Waals surface area contributed by atoms with Crippen LogP contribution in [0.25, 0.3) is 124 Å². The van der Waals surface area contributed by atoms with Gasteiger partial charge in [0.15, 0.2) is 0 Å². The summed E-state index contributed by atoms with van der Waals surface area (Å²) >= 11 is 1.89. The number of benzene rings is 13. The van der Waals surface area contributed by atoms with Crippen molar-refractivity contribution in [2.45, 2.75) is 0 Å². The van der Waals surface area contributed by atoms with Gasteiger partial charge < -0.3 is 9.47 Å². The molecule has 0 saturated carbocycles. The smallest absolute Gasteiger partial charge is 0.0541 e. The molecule has 350 valence electrons. The van der Waals surface area contributed by atoms with E-state index in [1.165, 1.54) is 113 Å². The van der Waals surface area contributed by atoms with Crippen molar-refractivity contribution in [3.63, 3.8) is 0 Å². The van der Waals surface area contributed by atoms with Crippen molar-refractivity contribution in [2.24, 2.45) is 0 Å². The maximum atomic E-state index is 2.42. The Bertz CT molecular complexity index is 4620. The number of nitrogens with zero attached hydrogens (tertiary/aromatic N) is 2. The van der Waals surface area contributed by atoms with Gasteiger partial charge in [-0.3, -0.25) is 0 Å². The van der Waals surface area contributed by atoms with Gasteiger partial charge in [0.25, 0.3) is 0 Å². The number of anilines is 3. The maximum absolute atomic E-state index is 2.42. The van der Waals surface area contributed by atoms with Crippen LogP contribution in [0.3, 0.4) is 0 Å². The maximum Gasteiger partial charge on any atom is 0.0541 e. The third kappa shape index (κ3) is 7.23. The minimum atomic E-state index is 1.08.